The van der Waals surface area contributed by atoms with Crippen LogP contribution in [0.1, 0.15) is 29.7 Å². The van der Waals surface area contributed by atoms with E-state index in [4.69, 9.17) is 5.26 Å². The summed E-state index contributed by atoms with van der Waals surface area (Å²) in [7, 11) is 0. The molecule has 1 heterocycles. The van der Waals surface area contributed by atoms with Crippen molar-refractivity contribution in [3.63, 3.8) is 0 Å². The second kappa shape index (κ2) is 3.49. The van der Waals surface area contributed by atoms with Gasteiger partial charge >= 0.3 is 0 Å². The highest BCUT2D eigenvalue weighted by Crippen LogP contribution is 2.20. The molecule has 11 heavy (non-hydrogen) atoms. The molecule has 1 rings (SSSR count). The van der Waals surface area contributed by atoms with E-state index < -0.39 is 0 Å². The van der Waals surface area contributed by atoms with Gasteiger partial charge in [-0.1, -0.05) is 13.8 Å². The molecule has 0 amide bonds. The summed E-state index contributed by atoms with van der Waals surface area (Å²) < 4.78 is 0. The highest BCUT2D eigenvalue weighted by molar-refractivity contribution is 7.11. The average Bonchev–Trinajstić information content (AvgIpc) is 2.37. The molecule has 0 spiro atoms. The fourth-order valence-electron chi connectivity index (χ4n) is 0.749. The lowest BCUT2D eigenvalue weighted by atomic mass is 10.2. The smallest absolute Gasteiger partial charge is 0.0953 e. The van der Waals surface area contributed by atoms with Gasteiger partial charge in [0.1, 0.15) is 0 Å². The third kappa shape index (κ3) is 2.02. The van der Waals surface area contributed by atoms with Crippen LogP contribution in [0.4, 0.5) is 0 Å². The minimum Gasteiger partial charge on any atom is -0.249 e. The maximum Gasteiger partial charge on any atom is 0.0953 e. The van der Waals surface area contributed by atoms with Crippen molar-refractivity contribution in [2.45, 2.75) is 26.2 Å². The standard InChI is InChI=1S/C8H10N2S/c1-6(2)8-10-5-7(11-8)3-4-9/h5-6H,3H2,1-2H3. The van der Waals surface area contributed by atoms with Gasteiger partial charge in [0.25, 0.3) is 0 Å². The molecule has 0 saturated heterocycles. The Morgan fingerprint density at radius 3 is 2.91 bits per heavy atom. The predicted molar refractivity (Wildman–Crippen MR) is 45.5 cm³/mol. The van der Waals surface area contributed by atoms with Crippen LogP contribution in [0.5, 0.6) is 0 Å². The topological polar surface area (TPSA) is 36.7 Å². The van der Waals surface area contributed by atoms with Crippen LogP contribution in [-0.4, -0.2) is 4.98 Å². The molecule has 0 atom stereocenters. The second-order valence-corrected chi connectivity index (χ2v) is 3.80. The second-order valence-electron chi connectivity index (χ2n) is 2.65. The van der Waals surface area contributed by atoms with E-state index in [0.717, 1.165) is 9.88 Å². The summed E-state index contributed by atoms with van der Waals surface area (Å²) in [5.74, 6) is 0.479. The van der Waals surface area contributed by atoms with Crippen LogP contribution < -0.4 is 0 Å². The Hall–Kier alpha value is -0.880. The minimum absolute atomic E-state index is 0.479. The highest BCUT2D eigenvalue weighted by Gasteiger charge is 2.04. The number of rotatable bonds is 2. The maximum absolute atomic E-state index is 8.40. The molecule has 2 nitrogen and oxygen atoms in total. The monoisotopic (exact) mass is 166 g/mol. The molecule has 0 aromatic carbocycles. The molecular weight excluding hydrogens is 156 g/mol. The summed E-state index contributed by atoms with van der Waals surface area (Å²) in [5.41, 5.74) is 0. The Morgan fingerprint density at radius 1 is 1.73 bits per heavy atom. The molecule has 0 radical (unpaired) electrons. The molecule has 0 fully saturated rings. The summed E-state index contributed by atoms with van der Waals surface area (Å²) in [5, 5.41) is 9.52. The van der Waals surface area contributed by atoms with E-state index in [2.05, 4.69) is 24.9 Å². The number of aromatic nitrogens is 1. The highest BCUT2D eigenvalue weighted by atomic mass is 32.1. The molecule has 1 aromatic rings. The van der Waals surface area contributed by atoms with E-state index in [1.165, 1.54) is 0 Å². The van der Waals surface area contributed by atoms with Gasteiger partial charge in [0.05, 0.1) is 17.5 Å². The average molecular weight is 166 g/mol. The van der Waals surface area contributed by atoms with Crippen molar-refractivity contribution in [3.8, 4) is 6.07 Å². The summed E-state index contributed by atoms with van der Waals surface area (Å²) >= 11 is 1.63. The van der Waals surface area contributed by atoms with E-state index in [1.807, 2.05) is 0 Å². The molecule has 0 bridgehead atoms. The zero-order chi connectivity index (χ0) is 8.27. The van der Waals surface area contributed by atoms with Crippen LogP contribution >= 0.6 is 11.3 Å². The molecule has 0 N–H and O–H groups in total. The van der Waals surface area contributed by atoms with Crippen molar-refractivity contribution in [2.24, 2.45) is 0 Å². The summed E-state index contributed by atoms with van der Waals surface area (Å²) in [4.78, 5) is 5.27. The van der Waals surface area contributed by atoms with Crippen LogP contribution in [0.3, 0.4) is 0 Å². The van der Waals surface area contributed by atoms with Gasteiger partial charge in [0, 0.05) is 17.0 Å². The first-order valence-electron chi connectivity index (χ1n) is 3.55. The Kier molecular flexibility index (Phi) is 2.61. The van der Waals surface area contributed by atoms with Crippen molar-refractivity contribution in [2.75, 3.05) is 0 Å². The van der Waals surface area contributed by atoms with Crippen molar-refractivity contribution >= 4 is 11.3 Å². The van der Waals surface area contributed by atoms with Gasteiger partial charge < -0.3 is 0 Å². The fraction of sp³-hybridized carbons (Fsp3) is 0.500. The molecule has 58 valence electrons. The summed E-state index contributed by atoms with van der Waals surface area (Å²) in [6, 6.07) is 2.11. The van der Waals surface area contributed by atoms with Gasteiger partial charge in [-0.05, 0) is 0 Å². The number of nitrogens with zero attached hydrogens (tertiary/aromatic N) is 2. The van der Waals surface area contributed by atoms with Crippen molar-refractivity contribution < 1.29 is 0 Å². The van der Waals surface area contributed by atoms with Crippen LogP contribution in [-0.2, 0) is 6.42 Å². The SMILES string of the molecule is CC(C)c1ncc(CC#N)s1. The summed E-state index contributed by atoms with van der Waals surface area (Å²) in [6.45, 7) is 4.21. The van der Waals surface area contributed by atoms with Gasteiger partial charge in [0.15, 0.2) is 0 Å². The number of nitriles is 1. The molecule has 0 unspecified atom stereocenters. The van der Waals surface area contributed by atoms with E-state index in [-0.39, 0.29) is 0 Å². The van der Waals surface area contributed by atoms with E-state index in [9.17, 15) is 0 Å². The first kappa shape index (κ1) is 8.22. The van der Waals surface area contributed by atoms with Crippen LogP contribution in [0.15, 0.2) is 6.20 Å². The minimum atomic E-state index is 0.479. The molecule has 3 heteroatoms. The molecular formula is C8H10N2S. The maximum atomic E-state index is 8.40. The van der Waals surface area contributed by atoms with E-state index in [0.29, 0.717) is 12.3 Å². The molecule has 0 aliphatic carbocycles. The van der Waals surface area contributed by atoms with Gasteiger partial charge in [0.2, 0.25) is 0 Å². The largest absolute Gasteiger partial charge is 0.249 e. The van der Waals surface area contributed by atoms with Crippen molar-refractivity contribution in [3.05, 3.63) is 16.1 Å². The fourth-order valence-corrected chi connectivity index (χ4v) is 1.60. The van der Waals surface area contributed by atoms with Gasteiger partial charge in [-0.15, -0.1) is 11.3 Å². The number of thiazole rings is 1. The molecule has 0 saturated carbocycles. The van der Waals surface area contributed by atoms with E-state index >= 15 is 0 Å². The number of hydrogen-bond acceptors (Lipinski definition) is 3. The Labute approximate surface area is 70.5 Å². The Bertz CT molecular complexity index is 270. The molecule has 0 aliphatic heterocycles. The zero-order valence-corrected chi connectivity index (χ0v) is 7.48. The van der Waals surface area contributed by atoms with Gasteiger partial charge in [-0.25, -0.2) is 4.98 Å². The lowest BCUT2D eigenvalue weighted by Crippen LogP contribution is -1.81. The molecule has 1 aromatic heterocycles. The first-order chi connectivity index (χ1) is 5.24. The lowest BCUT2D eigenvalue weighted by molar-refractivity contribution is 0.852. The zero-order valence-electron chi connectivity index (χ0n) is 6.66. The quantitative estimate of drug-likeness (QED) is 0.676. The normalized spacial score (nSPS) is 10.0. The third-order valence-corrected chi connectivity index (χ3v) is 2.62. The van der Waals surface area contributed by atoms with Crippen molar-refractivity contribution in [1.29, 1.82) is 5.26 Å². The van der Waals surface area contributed by atoms with Crippen LogP contribution in [0.2, 0.25) is 0 Å². The first-order valence-corrected chi connectivity index (χ1v) is 4.37. The van der Waals surface area contributed by atoms with Gasteiger partial charge in [-0.2, -0.15) is 5.26 Å². The third-order valence-electron chi connectivity index (χ3n) is 1.32. The summed E-state index contributed by atoms with van der Waals surface area (Å²) in [6.07, 6.45) is 2.29. The van der Waals surface area contributed by atoms with Gasteiger partial charge in [-0.3, -0.25) is 0 Å². The van der Waals surface area contributed by atoms with Crippen molar-refractivity contribution in [1.82, 2.24) is 4.98 Å². The lowest BCUT2D eigenvalue weighted by Gasteiger charge is -1.94. The van der Waals surface area contributed by atoms with Crippen LogP contribution in [0, 0.1) is 11.3 Å². The van der Waals surface area contributed by atoms with Crippen LogP contribution in [0.25, 0.3) is 0 Å². The molecule has 0 aliphatic rings. The Balaban J connectivity index is 2.75. The number of hydrogen-bond donors (Lipinski definition) is 0. The Morgan fingerprint density at radius 2 is 2.45 bits per heavy atom. The van der Waals surface area contributed by atoms with E-state index in [1.54, 1.807) is 17.5 Å². The predicted octanol–water partition coefficient (Wildman–Crippen LogP) is 2.33.